The van der Waals surface area contributed by atoms with Crippen LogP contribution in [-0.2, 0) is 4.74 Å². The summed E-state index contributed by atoms with van der Waals surface area (Å²) in [5.74, 6) is 3.67. The number of nitrogens with one attached hydrogen (secondary N) is 1. The van der Waals surface area contributed by atoms with Crippen molar-refractivity contribution in [3.8, 4) is 17.2 Å². The van der Waals surface area contributed by atoms with E-state index in [1.54, 1.807) is 14.2 Å². The molecular weight excluding hydrogens is 334 g/mol. The van der Waals surface area contributed by atoms with Crippen molar-refractivity contribution < 1.29 is 18.9 Å². The SMILES string of the molecule is CN=C(NCCCOc1cc(OC)cc(OC)c1)N(C)CC1CCOC1. The van der Waals surface area contributed by atoms with Crippen LogP contribution in [0.15, 0.2) is 23.2 Å². The van der Waals surface area contributed by atoms with E-state index < -0.39 is 0 Å². The fraction of sp³-hybridized carbons (Fsp3) is 0.632. The molecule has 1 unspecified atom stereocenters. The molecule has 2 rings (SSSR count). The number of aliphatic imine (C=N–C) groups is 1. The summed E-state index contributed by atoms with van der Waals surface area (Å²) in [4.78, 5) is 6.51. The van der Waals surface area contributed by atoms with Crippen LogP contribution < -0.4 is 19.5 Å². The zero-order valence-corrected chi connectivity index (χ0v) is 16.3. The molecule has 7 nitrogen and oxygen atoms in total. The van der Waals surface area contributed by atoms with Gasteiger partial charge in [0.05, 0.1) is 27.4 Å². The molecule has 0 aromatic heterocycles. The quantitative estimate of drug-likeness (QED) is 0.410. The average Bonchev–Trinajstić information content (AvgIpc) is 3.17. The number of guanidine groups is 1. The first-order chi connectivity index (χ1) is 12.7. The fourth-order valence-corrected chi connectivity index (χ4v) is 2.91. The predicted octanol–water partition coefficient (Wildman–Crippen LogP) is 2.02. The minimum absolute atomic E-state index is 0.588. The maximum absolute atomic E-state index is 5.80. The molecule has 0 saturated carbocycles. The van der Waals surface area contributed by atoms with Crippen molar-refractivity contribution >= 4 is 5.96 Å². The monoisotopic (exact) mass is 365 g/mol. The Hall–Kier alpha value is -2.15. The molecule has 1 saturated heterocycles. The summed E-state index contributed by atoms with van der Waals surface area (Å²) in [6, 6.07) is 5.53. The van der Waals surface area contributed by atoms with Crippen LogP contribution in [0.3, 0.4) is 0 Å². The summed E-state index contributed by atoms with van der Waals surface area (Å²) in [5, 5.41) is 3.38. The lowest BCUT2D eigenvalue weighted by atomic mass is 10.1. The second-order valence-corrected chi connectivity index (χ2v) is 6.33. The first-order valence-electron chi connectivity index (χ1n) is 9.01. The van der Waals surface area contributed by atoms with Crippen molar-refractivity contribution in [3.63, 3.8) is 0 Å². The number of benzene rings is 1. The van der Waals surface area contributed by atoms with Crippen molar-refractivity contribution in [1.82, 2.24) is 10.2 Å². The van der Waals surface area contributed by atoms with Gasteiger partial charge in [0.15, 0.2) is 5.96 Å². The summed E-state index contributed by atoms with van der Waals surface area (Å²) >= 11 is 0. The fourth-order valence-electron chi connectivity index (χ4n) is 2.91. The van der Waals surface area contributed by atoms with Gasteiger partial charge in [-0.15, -0.1) is 0 Å². The van der Waals surface area contributed by atoms with Crippen LogP contribution in [0.1, 0.15) is 12.8 Å². The van der Waals surface area contributed by atoms with Crippen molar-refractivity contribution in [2.45, 2.75) is 12.8 Å². The zero-order chi connectivity index (χ0) is 18.8. The molecule has 1 atom stereocenters. The van der Waals surface area contributed by atoms with Gasteiger partial charge < -0.3 is 29.2 Å². The Labute approximate surface area is 156 Å². The van der Waals surface area contributed by atoms with Crippen LogP contribution in [0.25, 0.3) is 0 Å². The van der Waals surface area contributed by atoms with E-state index in [1.165, 1.54) is 0 Å². The number of nitrogens with zero attached hydrogens (tertiary/aromatic N) is 2. The zero-order valence-electron chi connectivity index (χ0n) is 16.3. The topological polar surface area (TPSA) is 64.6 Å². The van der Waals surface area contributed by atoms with Gasteiger partial charge in [-0.1, -0.05) is 0 Å². The maximum Gasteiger partial charge on any atom is 0.193 e. The number of methoxy groups -OCH3 is 2. The average molecular weight is 365 g/mol. The molecule has 1 aromatic rings. The van der Waals surface area contributed by atoms with Gasteiger partial charge in [-0.3, -0.25) is 4.99 Å². The molecule has 1 N–H and O–H groups in total. The summed E-state index contributed by atoms with van der Waals surface area (Å²) < 4.78 is 21.7. The summed E-state index contributed by atoms with van der Waals surface area (Å²) in [7, 11) is 7.13. The first-order valence-corrected chi connectivity index (χ1v) is 9.01. The van der Waals surface area contributed by atoms with Gasteiger partial charge in [0.25, 0.3) is 0 Å². The summed E-state index contributed by atoms with van der Waals surface area (Å²) in [6.45, 7) is 4.07. The van der Waals surface area contributed by atoms with E-state index in [4.69, 9.17) is 18.9 Å². The second kappa shape index (κ2) is 10.8. The Bertz CT molecular complexity index is 552. The first kappa shape index (κ1) is 20.2. The highest BCUT2D eigenvalue weighted by Crippen LogP contribution is 2.27. The minimum Gasteiger partial charge on any atom is -0.496 e. The van der Waals surface area contributed by atoms with Crippen LogP contribution in [0, 0.1) is 5.92 Å². The Kier molecular flexibility index (Phi) is 8.34. The molecule has 0 amide bonds. The van der Waals surface area contributed by atoms with E-state index in [0.29, 0.717) is 12.5 Å². The van der Waals surface area contributed by atoms with E-state index in [2.05, 4.69) is 22.3 Å². The van der Waals surface area contributed by atoms with Crippen molar-refractivity contribution in [2.75, 3.05) is 61.2 Å². The number of hydrogen-bond donors (Lipinski definition) is 1. The highest BCUT2D eigenvalue weighted by molar-refractivity contribution is 5.79. The molecule has 0 spiro atoms. The van der Waals surface area contributed by atoms with Gasteiger partial charge in [0.1, 0.15) is 17.2 Å². The van der Waals surface area contributed by atoms with Crippen LogP contribution in [0.2, 0.25) is 0 Å². The van der Waals surface area contributed by atoms with Crippen molar-refractivity contribution in [1.29, 1.82) is 0 Å². The second-order valence-electron chi connectivity index (χ2n) is 6.33. The van der Waals surface area contributed by atoms with Gasteiger partial charge in [-0.2, -0.15) is 0 Å². The highest BCUT2D eigenvalue weighted by Gasteiger charge is 2.18. The van der Waals surface area contributed by atoms with E-state index >= 15 is 0 Å². The lowest BCUT2D eigenvalue weighted by Crippen LogP contribution is -2.42. The van der Waals surface area contributed by atoms with Gasteiger partial charge in [0, 0.05) is 57.9 Å². The molecule has 0 bridgehead atoms. The molecule has 1 aliphatic rings. The standard InChI is InChI=1S/C19H31N3O4/c1-20-19(22(2)13-15-6-9-25-14-15)21-7-5-8-26-18-11-16(23-3)10-17(12-18)24-4/h10-12,15H,5-9,13-14H2,1-4H3,(H,20,21). The Morgan fingerprint density at radius 3 is 2.50 bits per heavy atom. The largest absolute Gasteiger partial charge is 0.496 e. The molecule has 0 radical (unpaired) electrons. The number of ether oxygens (including phenoxy) is 4. The molecule has 1 aliphatic heterocycles. The molecule has 26 heavy (non-hydrogen) atoms. The molecule has 1 fully saturated rings. The van der Waals surface area contributed by atoms with Crippen molar-refractivity contribution in [2.24, 2.45) is 10.9 Å². The Morgan fingerprint density at radius 2 is 1.92 bits per heavy atom. The lowest BCUT2D eigenvalue weighted by molar-refractivity contribution is 0.181. The molecule has 146 valence electrons. The Balaban J connectivity index is 1.70. The van der Waals surface area contributed by atoms with Crippen LogP contribution >= 0.6 is 0 Å². The molecular formula is C19H31N3O4. The van der Waals surface area contributed by atoms with Crippen LogP contribution in [0.4, 0.5) is 0 Å². The third-order valence-electron chi connectivity index (χ3n) is 4.33. The third kappa shape index (κ3) is 6.29. The third-order valence-corrected chi connectivity index (χ3v) is 4.33. The number of rotatable bonds is 9. The van der Waals surface area contributed by atoms with E-state index in [-0.39, 0.29) is 0 Å². The predicted molar refractivity (Wildman–Crippen MR) is 103 cm³/mol. The normalized spacial score (nSPS) is 17.1. The van der Waals surface area contributed by atoms with Gasteiger partial charge >= 0.3 is 0 Å². The van der Waals surface area contributed by atoms with E-state index in [0.717, 1.165) is 62.4 Å². The smallest absolute Gasteiger partial charge is 0.193 e. The highest BCUT2D eigenvalue weighted by atomic mass is 16.5. The summed E-state index contributed by atoms with van der Waals surface area (Å²) in [6.07, 6.45) is 1.98. The molecule has 1 heterocycles. The number of hydrogen-bond acceptors (Lipinski definition) is 5. The van der Waals surface area contributed by atoms with E-state index in [9.17, 15) is 0 Å². The van der Waals surface area contributed by atoms with Crippen molar-refractivity contribution in [3.05, 3.63) is 18.2 Å². The van der Waals surface area contributed by atoms with E-state index in [1.807, 2.05) is 25.2 Å². The molecule has 1 aromatic carbocycles. The minimum atomic E-state index is 0.588. The van der Waals surface area contributed by atoms with Gasteiger partial charge in [-0.05, 0) is 12.8 Å². The van der Waals surface area contributed by atoms with Gasteiger partial charge in [0.2, 0.25) is 0 Å². The molecule has 7 heteroatoms. The Morgan fingerprint density at radius 1 is 1.23 bits per heavy atom. The maximum atomic E-state index is 5.80. The van der Waals surface area contributed by atoms with Crippen LogP contribution in [-0.4, -0.2) is 72.1 Å². The van der Waals surface area contributed by atoms with Gasteiger partial charge in [-0.25, -0.2) is 0 Å². The summed E-state index contributed by atoms with van der Waals surface area (Å²) in [5.41, 5.74) is 0. The lowest BCUT2D eigenvalue weighted by Gasteiger charge is -2.24. The molecule has 0 aliphatic carbocycles. The van der Waals surface area contributed by atoms with Crippen LogP contribution in [0.5, 0.6) is 17.2 Å².